The van der Waals surface area contributed by atoms with Crippen molar-refractivity contribution in [3.8, 4) is 11.5 Å². The zero-order valence-electron chi connectivity index (χ0n) is 12.0. The minimum Gasteiger partial charge on any atom is -0.486 e. The van der Waals surface area contributed by atoms with E-state index in [9.17, 15) is 9.59 Å². The van der Waals surface area contributed by atoms with Crippen LogP contribution in [0.3, 0.4) is 0 Å². The lowest BCUT2D eigenvalue weighted by Gasteiger charge is -2.23. The molecule has 1 unspecified atom stereocenters. The van der Waals surface area contributed by atoms with Gasteiger partial charge in [0.15, 0.2) is 11.5 Å². The van der Waals surface area contributed by atoms with Crippen molar-refractivity contribution in [3.05, 3.63) is 18.2 Å². The van der Waals surface area contributed by atoms with Crippen molar-refractivity contribution < 1.29 is 24.2 Å². The van der Waals surface area contributed by atoms with E-state index in [1.807, 2.05) is 0 Å². The lowest BCUT2D eigenvalue weighted by atomic mass is 10.2. The molecular formula is C14H18N2O5. The maximum atomic E-state index is 12.1. The number of carbonyl (C=O) groups is 2. The Labute approximate surface area is 122 Å². The number of aliphatic carboxylic acids is 1. The first-order chi connectivity index (χ1) is 9.99. The Morgan fingerprint density at radius 3 is 2.81 bits per heavy atom. The van der Waals surface area contributed by atoms with Gasteiger partial charge in [-0.2, -0.15) is 0 Å². The third-order valence-electron chi connectivity index (χ3n) is 3.12. The Hall–Kier alpha value is -2.44. The predicted molar refractivity (Wildman–Crippen MR) is 75.9 cm³/mol. The maximum absolute atomic E-state index is 12.1. The predicted octanol–water partition coefficient (Wildman–Crippen LogP) is 1.64. The fraction of sp³-hybridized carbons (Fsp3) is 0.429. The summed E-state index contributed by atoms with van der Waals surface area (Å²) >= 11 is 0. The van der Waals surface area contributed by atoms with Crippen LogP contribution in [0.15, 0.2) is 18.2 Å². The second-order valence-electron chi connectivity index (χ2n) is 4.88. The van der Waals surface area contributed by atoms with E-state index < -0.39 is 17.9 Å². The lowest BCUT2D eigenvalue weighted by molar-refractivity contribution is -0.141. The fourth-order valence-corrected chi connectivity index (χ4v) is 1.95. The molecule has 7 nitrogen and oxygen atoms in total. The average molecular weight is 294 g/mol. The summed E-state index contributed by atoms with van der Waals surface area (Å²) < 4.78 is 10.9. The van der Waals surface area contributed by atoms with Gasteiger partial charge in [-0.1, -0.05) is 13.0 Å². The molecule has 0 spiro atoms. The molecule has 0 bridgehead atoms. The zero-order chi connectivity index (χ0) is 15.4. The highest BCUT2D eigenvalue weighted by molar-refractivity contribution is 5.91. The molecule has 1 heterocycles. The van der Waals surface area contributed by atoms with Crippen molar-refractivity contribution >= 4 is 17.7 Å². The van der Waals surface area contributed by atoms with Crippen molar-refractivity contribution in [2.75, 3.05) is 32.1 Å². The third-order valence-corrected chi connectivity index (χ3v) is 3.12. The molecule has 7 heteroatoms. The quantitative estimate of drug-likeness (QED) is 0.881. The normalized spacial score (nSPS) is 14.2. The SMILES string of the molecule is CC(CN(C)C(=O)Nc1cccc2c1OCCO2)C(=O)O. The smallest absolute Gasteiger partial charge is 0.321 e. The largest absolute Gasteiger partial charge is 0.486 e. The van der Waals surface area contributed by atoms with Gasteiger partial charge in [-0.3, -0.25) is 4.79 Å². The topological polar surface area (TPSA) is 88.1 Å². The van der Waals surface area contributed by atoms with Gasteiger partial charge in [0.05, 0.1) is 11.6 Å². The first-order valence-electron chi connectivity index (χ1n) is 6.62. The molecule has 2 N–H and O–H groups in total. The molecule has 1 atom stereocenters. The van der Waals surface area contributed by atoms with Crippen LogP contribution in [0.1, 0.15) is 6.92 Å². The summed E-state index contributed by atoms with van der Waals surface area (Å²) in [6.45, 7) is 2.56. The number of amides is 2. The summed E-state index contributed by atoms with van der Waals surface area (Å²) in [7, 11) is 1.54. The van der Waals surface area contributed by atoms with Gasteiger partial charge >= 0.3 is 12.0 Å². The van der Waals surface area contributed by atoms with E-state index in [0.29, 0.717) is 30.4 Å². The molecule has 1 aromatic carbocycles. The Bertz CT molecular complexity index is 546. The molecule has 0 saturated carbocycles. The zero-order valence-corrected chi connectivity index (χ0v) is 12.0. The van der Waals surface area contributed by atoms with Crippen LogP contribution in [-0.2, 0) is 4.79 Å². The van der Waals surface area contributed by atoms with Crippen LogP contribution in [0.5, 0.6) is 11.5 Å². The van der Waals surface area contributed by atoms with E-state index in [0.717, 1.165) is 0 Å². The summed E-state index contributed by atoms with van der Waals surface area (Å²) in [6, 6.07) is 4.83. The van der Waals surface area contributed by atoms with Crippen molar-refractivity contribution in [1.29, 1.82) is 0 Å². The van der Waals surface area contributed by atoms with Crippen LogP contribution < -0.4 is 14.8 Å². The Morgan fingerprint density at radius 2 is 2.10 bits per heavy atom. The minimum atomic E-state index is -0.941. The van der Waals surface area contributed by atoms with Crippen molar-refractivity contribution in [2.45, 2.75) is 6.92 Å². The highest BCUT2D eigenvalue weighted by Crippen LogP contribution is 2.37. The molecular weight excluding hydrogens is 276 g/mol. The second kappa shape index (κ2) is 6.34. The van der Waals surface area contributed by atoms with E-state index >= 15 is 0 Å². The number of nitrogens with zero attached hydrogens (tertiary/aromatic N) is 1. The van der Waals surface area contributed by atoms with E-state index in [1.54, 1.807) is 32.2 Å². The van der Waals surface area contributed by atoms with Crippen molar-refractivity contribution in [2.24, 2.45) is 5.92 Å². The molecule has 0 saturated heterocycles. The molecule has 0 radical (unpaired) electrons. The highest BCUT2D eigenvalue weighted by Gasteiger charge is 2.20. The number of benzene rings is 1. The summed E-state index contributed by atoms with van der Waals surface area (Å²) in [5, 5.41) is 11.6. The number of anilines is 1. The molecule has 21 heavy (non-hydrogen) atoms. The lowest BCUT2D eigenvalue weighted by Crippen LogP contribution is -2.36. The first kappa shape index (κ1) is 15.0. The van der Waals surface area contributed by atoms with Crippen LogP contribution in [0.25, 0.3) is 0 Å². The molecule has 0 aliphatic carbocycles. The van der Waals surface area contributed by atoms with Gasteiger partial charge in [0.1, 0.15) is 13.2 Å². The number of para-hydroxylation sites is 1. The minimum absolute atomic E-state index is 0.119. The summed E-state index contributed by atoms with van der Waals surface area (Å²) in [5.41, 5.74) is 0.507. The summed E-state index contributed by atoms with van der Waals surface area (Å²) in [5.74, 6) is -0.495. The second-order valence-corrected chi connectivity index (χ2v) is 4.88. The monoisotopic (exact) mass is 294 g/mol. The van der Waals surface area contributed by atoms with E-state index in [-0.39, 0.29) is 6.54 Å². The maximum Gasteiger partial charge on any atom is 0.321 e. The van der Waals surface area contributed by atoms with Gasteiger partial charge in [0.25, 0.3) is 0 Å². The molecule has 0 fully saturated rings. The van der Waals surface area contributed by atoms with E-state index in [2.05, 4.69) is 5.32 Å². The van der Waals surface area contributed by atoms with Gasteiger partial charge < -0.3 is 24.8 Å². The standard InChI is InChI=1S/C14H18N2O5/c1-9(13(17)18)8-16(2)14(19)15-10-4-3-5-11-12(10)21-7-6-20-11/h3-5,9H,6-8H2,1-2H3,(H,15,19)(H,17,18). The van der Waals surface area contributed by atoms with Crippen LogP contribution in [0, 0.1) is 5.92 Å². The van der Waals surface area contributed by atoms with E-state index in [4.69, 9.17) is 14.6 Å². The molecule has 1 aliphatic heterocycles. The molecule has 114 valence electrons. The number of carboxylic acid groups (broad SMARTS) is 1. The van der Waals surface area contributed by atoms with Gasteiger partial charge in [0, 0.05) is 13.6 Å². The van der Waals surface area contributed by atoms with Crippen LogP contribution in [-0.4, -0.2) is 48.8 Å². The molecule has 1 aromatic rings. The Kier molecular flexibility index (Phi) is 4.52. The van der Waals surface area contributed by atoms with E-state index in [1.165, 1.54) is 4.90 Å². The average Bonchev–Trinajstić information content (AvgIpc) is 2.47. The van der Waals surface area contributed by atoms with Crippen LogP contribution >= 0.6 is 0 Å². The van der Waals surface area contributed by atoms with Gasteiger partial charge in [-0.15, -0.1) is 0 Å². The molecule has 2 amide bonds. The Morgan fingerprint density at radius 1 is 1.38 bits per heavy atom. The molecule has 0 aromatic heterocycles. The van der Waals surface area contributed by atoms with Gasteiger partial charge in [-0.05, 0) is 12.1 Å². The first-order valence-corrected chi connectivity index (χ1v) is 6.62. The number of fused-ring (bicyclic) bond motifs is 1. The number of hydrogen-bond acceptors (Lipinski definition) is 4. The number of hydrogen-bond donors (Lipinski definition) is 2. The Balaban J connectivity index is 2.04. The van der Waals surface area contributed by atoms with Gasteiger partial charge in [-0.25, -0.2) is 4.79 Å². The van der Waals surface area contributed by atoms with Crippen LogP contribution in [0.2, 0.25) is 0 Å². The number of rotatable bonds is 4. The van der Waals surface area contributed by atoms with Crippen LogP contribution in [0.4, 0.5) is 10.5 Å². The highest BCUT2D eigenvalue weighted by atomic mass is 16.6. The number of urea groups is 1. The number of carboxylic acids is 1. The number of carbonyl (C=O) groups excluding carboxylic acids is 1. The summed E-state index contributed by atoms with van der Waals surface area (Å²) in [4.78, 5) is 24.2. The molecule has 2 rings (SSSR count). The summed E-state index contributed by atoms with van der Waals surface area (Å²) in [6.07, 6.45) is 0. The number of ether oxygens (including phenoxy) is 2. The van der Waals surface area contributed by atoms with Crippen molar-refractivity contribution in [1.82, 2.24) is 4.90 Å². The van der Waals surface area contributed by atoms with Crippen molar-refractivity contribution in [3.63, 3.8) is 0 Å². The fourth-order valence-electron chi connectivity index (χ4n) is 1.95. The third kappa shape index (κ3) is 3.56. The molecule has 1 aliphatic rings. The van der Waals surface area contributed by atoms with Gasteiger partial charge in [0.2, 0.25) is 0 Å². The number of nitrogens with one attached hydrogen (secondary N) is 1.